The van der Waals surface area contributed by atoms with Crippen molar-refractivity contribution in [2.45, 2.75) is 13.0 Å². The number of aromatic hydroxyl groups is 2. The molecule has 1 aliphatic heterocycles. The van der Waals surface area contributed by atoms with Crippen LogP contribution in [-0.2, 0) is 6.54 Å². The average molecular weight is 298 g/mol. The van der Waals surface area contributed by atoms with Gasteiger partial charge in [0.25, 0.3) is 0 Å². The minimum atomic E-state index is 0.0876. The van der Waals surface area contributed by atoms with Gasteiger partial charge in [-0.25, -0.2) is 14.6 Å². The van der Waals surface area contributed by atoms with Gasteiger partial charge in [0.2, 0.25) is 5.65 Å². The monoisotopic (exact) mass is 298 g/mol. The zero-order valence-electron chi connectivity index (χ0n) is 11.7. The molecule has 0 saturated carbocycles. The minimum absolute atomic E-state index is 0.0876. The molecule has 8 heteroatoms. The molecule has 0 spiro atoms. The molecule has 1 aliphatic rings. The van der Waals surface area contributed by atoms with E-state index in [1.54, 1.807) is 10.9 Å². The highest BCUT2D eigenvalue weighted by atomic mass is 16.3. The van der Waals surface area contributed by atoms with E-state index >= 15 is 0 Å². The van der Waals surface area contributed by atoms with E-state index < -0.39 is 0 Å². The van der Waals surface area contributed by atoms with Gasteiger partial charge in [0, 0.05) is 18.7 Å². The van der Waals surface area contributed by atoms with Gasteiger partial charge in [-0.15, -0.1) is 5.10 Å². The Balaban J connectivity index is 1.73. The molecule has 3 heterocycles. The Morgan fingerprint density at radius 2 is 2.05 bits per heavy atom. The second-order valence-corrected chi connectivity index (χ2v) is 5.28. The van der Waals surface area contributed by atoms with Crippen molar-refractivity contribution in [1.29, 1.82) is 0 Å². The zero-order chi connectivity index (χ0) is 15.1. The van der Waals surface area contributed by atoms with Gasteiger partial charge in [-0.3, -0.25) is 0 Å². The molecular formula is C14H14N6O2. The molecule has 112 valence electrons. The maximum Gasteiger partial charge on any atom is 0.221 e. The van der Waals surface area contributed by atoms with Gasteiger partial charge in [-0.1, -0.05) is 5.21 Å². The fourth-order valence-electron chi connectivity index (χ4n) is 2.41. The summed E-state index contributed by atoms with van der Waals surface area (Å²) in [6, 6.07) is 4.37. The van der Waals surface area contributed by atoms with Crippen LogP contribution in [0.5, 0.6) is 11.5 Å². The summed E-state index contributed by atoms with van der Waals surface area (Å²) in [5.74, 6) is 0.986. The van der Waals surface area contributed by atoms with Crippen molar-refractivity contribution >= 4 is 17.1 Å². The van der Waals surface area contributed by atoms with E-state index in [0.717, 1.165) is 25.3 Å². The average Bonchev–Trinajstić information content (AvgIpc) is 2.84. The summed E-state index contributed by atoms with van der Waals surface area (Å²) >= 11 is 0. The highest BCUT2D eigenvalue weighted by Gasteiger charge is 2.18. The number of phenols is 2. The molecule has 0 unspecified atom stereocenters. The molecule has 3 aromatic rings. The Morgan fingerprint density at radius 1 is 1.18 bits per heavy atom. The summed E-state index contributed by atoms with van der Waals surface area (Å²) in [6.45, 7) is 2.22. The van der Waals surface area contributed by atoms with Crippen LogP contribution in [0.2, 0.25) is 0 Å². The predicted octanol–water partition coefficient (Wildman–Crippen LogP) is 0.891. The Hall–Kier alpha value is -2.90. The summed E-state index contributed by atoms with van der Waals surface area (Å²) in [7, 11) is 0. The second-order valence-electron chi connectivity index (χ2n) is 5.28. The molecule has 2 N–H and O–H groups in total. The molecule has 22 heavy (non-hydrogen) atoms. The van der Waals surface area contributed by atoms with E-state index in [-0.39, 0.29) is 18.0 Å². The molecule has 0 atom stereocenters. The third-order valence-corrected chi connectivity index (χ3v) is 3.78. The van der Waals surface area contributed by atoms with Crippen molar-refractivity contribution in [3.8, 4) is 11.5 Å². The van der Waals surface area contributed by atoms with Gasteiger partial charge in [-0.05, 0) is 24.6 Å². The Morgan fingerprint density at radius 3 is 2.82 bits per heavy atom. The molecule has 0 bridgehead atoms. The van der Waals surface area contributed by atoms with Crippen molar-refractivity contribution in [2.75, 3.05) is 18.0 Å². The third-order valence-electron chi connectivity index (χ3n) is 3.78. The molecule has 0 radical (unpaired) electrons. The van der Waals surface area contributed by atoms with E-state index in [1.807, 2.05) is 0 Å². The van der Waals surface area contributed by atoms with Crippen molar-refractivity contribution in [1.82, 2.24) is 25.0 Å². The summed E-state index contributed by atoms with van der Waals surface area (Å²) in [4.78, 5) is 11.0. The van der Waals surface area contributed by atoms with Crippen molar-refractivity contribution in [2.24, 2.45) is 0 Å². The van der Waals surface area contributed by atoms with E-state index in [4.69, 9.17) is 0 Å². The molecule has 2 aromatic heterocycles. The number of anilines is 1. The van der Waals surface area contributed by atoms with E-state index in [2.05, 4.69) is 25.2 Å². The molecule has 4 rings (SSSR count). The maximum absolute atomic E-state index is 9.88. The van der Waals surface area contributed by atoms with Crippen LogP contribution in [0.1, 0.15) is 12.0 Å². The number of nitrogens with zero attached hydrogens (tertiary/aromatic N) is 6. The molecule has 1 aromatic carbocycles. The lowest BCUT2D eigenvalue weighted by molar-refractivity contribution is 0.450. The number of rotatable bonds is 3. The molecule has 1 fully saturated rings. The van der Waals surface area contributed by atoms with Crippen LogP contribution in [0.4, 0.5) is 5.82 Å². The van der Waals surface area contributed by atoms with Crippen molar-refractivity contribution in [3.63, 3.8) is 0 Å². The first-order valence-corrected chi connectivity index (χ1v) is 7.03. The van der Waals surface area contributed by atoms with Crippen LogP contribution in [0.15, 0.2) is 24.4 Å². The molecular weight excluding hydrogens is 284 g/mol. The summed E-state index contributed by atoms with van der Waals surface area (Å²) in [6.07, 6.45) is 2.86. The fourth-order valence-corrected chi connectivity index (χ4v) is 2.41. The van der Waals surface area contributed by atoms with Gasteiger partial charge in [0.15, 0.2) is 5.65 Å². The fraction of sp³-hybridized carbons (Fsp3) is 0.286. The first kappa shape index (κ1) is 12.8. The van der Waals surface area contributed by atoms with Crippen LogP contribution < -0.4 is 4.90 Å². The first-order chi connectivity index (χ1) is 10.7. The zero-order valence-corrected chi connectivity index (χ0v) is 11.7. The van der Waals surface area contributed by atoms with Crippen LogP contribution in [0.25, 0.3) is 11.3 Å². The second kappa shape index (κ2) is 4.83. The Kier molecular flexibility index (Phi) is 2.81. The number of phenolic OH excluding ortho intramolecular Hbond substituents is 2. The lowest BCUT2D eigenvalue weighted by Gasteiger charge is -2.31. The summed E-state index contributed by atoms with van der Waals surface area (Å²) < 4.78 is 1.57. The van der Waals surface area contributed by atoms with Gasteiger partial charge in [0.1, 0.15) is 17.3 Å². The highest BCUT2D eigenvalue weighted by molar-refractivity contribution is 5.67. The van der Waals surface area contributed by atoms with Gasteiger partial charge in [-0.2, -0.15) is 0 Å². The third kappa shape index (κ3) is 2.09. The number of hydrogen-bond donors (Lipinski definition) is 2. The van der Waals surface area contributed by atoms with Crippen LogP contribution in [0, 0.1) is 0 Å². The minimum Gasteiger partial charge on any atom is -0.508 e. The van der Waals surface area contributed by atoms with E-state index in [9.17, 15) is 10.2 Å². The number of hydrogen-bond acceptors (Lipinski definition) is 7. The Bertz CT molecular complexity index is 842. The molecule has 0 aliphatic carbocycles. The van der Waals surface area contributed by atoms with Crippen LogP contribution in [0.3, 0.4) is 0 Å². The van der Waals surface area contributed by atoms with Crippen LogP contribution >= 0.6 is 0 Å². The van der Waals surface area contributed by atoms with Gasteiger partial charge >= 0.3 is 0 Å². The van der Waals surface area contributed by atoms with Gasteiger partial charge in [0.05, 0.1) is 12.7 Å². The lowest BCUT2D eigenvalue weighted by Crippen LogP contribution is -2.37. The van der Waals surface area contributed by atoms with Gasteiger partial charge < -0.3 is 15.1 Å². The predicted molar refractivity (Wildman–Crippen MR) is 78.8 cm³/mol. The largest absolute Gasteiger partial charge is 0.508 e. The molecule has 8 nitrogen and oxygen atoms in total. The summed E-state index contributed by atoms with van der Waals surface area (Å²) in [5.41, 5.74) is 1.57. The normalized spacial score (nSPS) is 14.3. The highest BCUT2D eigenvalue weighted by Crippen LogP contribution is 2.24. The quantitative estimate of drug-likeness (QED) is 0.692. The smallest absolute Gasteiger partial charge is 0.221 e. The Labute approximate surface area is 125 Å². The number of aromatic nitrogens is 5. The molecule has 0 amide bonds. The topological polar surface area (TPSA) is 100 Å². The number of benzene rings is 1. The molecule has 1 saturated heterocycles. The number of fused-ring (bicyclic) bond motifs is 1. The maximum atomic E-state index is 9.88. The van der Waals surface area contributed by atoms with Crippen LogP contribution in [-0.4, -0.2) is 48.3 Å². The van der Waals surface area contributed by atoms with Crippen molar-refractivity contribution < 1.29 is 10.2 Å². The lowest BCUT2D eigenvalue weighted by atomic mass is 10.2. The standard InChI is InChI=1S/C14H14N6O2/c21-10-2-3-11(22)9(6-10)8-20-14-13(17-18-20)15-7-12(16-14)19-4-1-5-19/h2-3,6-7,21-22H,1,4-5,8H2. The summed E-state index contributed by atoms with van der Waals surface area (Å²) in [5, 5.41) is 27.4. The van der Waals surface area contributed by atoms with E-state index in [1.165, 1.54) is 18.2 Å². The van der Waals surface area contributed by atoms with E-state index in [0.29, 0.717) is 16.9 Å². The first-order valence-electron chi connectivity index (χ1n) is 7.03. The van der Waals surface area contributed by atoms with Crippen molar-refractivity contribution in [3.05, 3.63) is 30.0 Å². The SMILES string of the molecule is Oc1ccc(O)c(Cn2nnc3ncc(N4CCC4)nc32)c1.